The first kappa shape index (κ1) is 30.0. The van der Waals surface area contributed by atoms with E-state index < -0.39 is 17.8 Å². The van der Waals surface area contributed by atoms with Gasteiger partial charge in [0.1, 0.15) is 11.6 Å². The SMILES string of the molecule is CCOc1cc(NC(=O)c2ccccc2F)ccc1-c1nnc(N(CCC(N2CCCCC2)C(C)(C)C)C(=O)O)o1. The van der Waals surface area contributed by atoms with Gasteiger partial charge < -0.3 is 19.6 Å². The first-order chi connectivity index (χ1) is 19.6. The Morgan fingerprint density at radius 2 is 1.88 bits per heavy atom. The monoisotopic (exact) mass is 567 g/mol. The lowest BCUT2D eigenvalue weighted by molar-refractivity contribution is 0.0746. The number of rotatable bonds is 10. The molecule has 10 nitrogen and oxygen atoms in total. The van der Waals surface area contributed by atoms with Crippen LogP contribution in [0.3, 0.4) is 0 Å². The van der Waals surface area contributed by atoms with Crippen molar-refractivity contribution >= 4 is 23.7 Å². The Labute approximate surface area is 239 Å². The molecule has 0 spiro atoms. The number of nitrogens with one attached hydrogen (secondary N) is 1. The fourth-order valence-corrected chi connectivity index (χ4v) is 5.25. The van der Waals surface area contributed by atoms with Crippen molar-refractivity contribution in [2.75, 3.05) is 36.5 Å². The van der Waals surface area contributed by atoms with E-state index in [0.717, 1.165) is 30.8 Å². The van der Waals surface area contributed by atoms with Gasteiger partial charge >= 0.3 is 12.1 Å². The van der Waals surface area contributed by atoms with Crippen molar-refractivity contribution in [1.29, 1.82) is 0 Å². The molecule has 4 rings (SSSR count). The molecule has 1 saturated heterocycles. The summed E-state index contributed by atoms with van der Waals surface area (Å²) in [6, 6.07) is 10.6. The topological polar surface area (TPSA) is 121 Å². The molecule has 0 aliphatic carbocycles. The second kappa shape index (κ2) is 13.1. The van der Waals surface area contributed by atoms with Crippen LogP contribution >= 0.6 is 0 Å². The molecular formula is C30H38FN5O5. The Bertz CT molecular complexity index is 1350. The minimum Gasteiger partial charge on any atom is -0.493 e. The smallest absolute Gasteiger partial charge is 0.415 e. The molecule has 0 bridgehead atoms. The van der Waals surface area contributed by atoms with Crippen LogP contribution in [0.1, 0.15) is 63.7 Å². The summed E-state index contributed by atoms with van der Waals surface area (Å²) >= 11 is 0. The molecular weight excluding hydrogens is 529 g/mol. The quantitative estimate of drug-likeness (QED) is 0.293. The van der Waals surface area contributed by atoms with Crippen LogP contribution in [0, 0.1) is 11.2 Å². The van der Waals surface area contributed by atoms with Gasteiger partial charge in [-0.15, -0.1) is 5.10 Å². The van der Waals surface area contributed by atoms with Gasteiger partial charge in [0.05, 0.1) is 17.7 Å². The Kier molecular flexibility index (Phi) is 9.59. The van der Waals surface area contributed by atoms with Crippen LogP contribution in [0.2, 0.25) is 0 Å². The van der Waals surface area contributed by atoms with E-state index in [9.17, 15) is 19.1 Å². The van der Waals surface area contributed by atoms with Gasteiger partial charge in [-0.2, -0.15) is 0 Å². The number of benzene rings is 2. The van der Waals surface area contributed by atoms with Crippen molar-refractivity contribution in [3.63, 3.8) is 0 Å². The zero-order valence-corrected chi connectivity index (χ0v) is 24.0. The molecule has 1 aliphatic rings. The molecule has 1 unspecified atom stereocenters. The van der Waals surface area contributed by atoms with E-state index in [0.29, 0.717) is 30.0 Å². The molecule has 1 fully saturated rings. The lowest BCUT2D eigenvalue weighted by atomic mass is 9.82. The van der Waals surface area contributed by atoms with Crippen LogP contribution < -0.4 is 15.0 Å². The minimum atomic E-state index is -1.18. The summed E-state index contributed by atoms with van der Waals surface area (Å²) < 4.78 is 25.6. The third-order valence-electron chi connectivity index (χ3n) is 7.22. The molecule has 1 atom stereocenters. The van der Waals surface area contributed by atoms with Crippen molar-refractivity contribution in [2.45, 2.75) is 59.4 Å². The van der Waals surface area contributed by atoms with E-state index in [4.69, 9.17) is 9.15 Å². The standard InChI is InChI=1S/C30H38FN5O5/c1-5-40-24-19-20(32-26(37)21-11-7-8-12-23(21)31)13-14-22(24)27-33-34-28(41-27)36(29(38)39)18-15-25(30(2,3)4)35-16-9-6-10-17-35/h7-8,11-14,19,25H,5-6,9-10,15-18H2,1-4H3,(H,32,37)(H,38,39). The highest BCUT2D eigenvalue weighted by Gasteiger charge is 2.33. The van der Waals surface area contributed by atoms with Crippen molar-refractivity contribution in [3.05, 3.63) is 53.8 Å². The van der Waals surface area contributed by atoms with Gasteiger partial charge in [0.15, 0.2) is 0 Å². The van der Waals surface area contributed by atoms with E-state index in [1.165, 1.54) is 24.6 Å². The van der Waals surface area contributed by atoms with Crippen LogP contribution in [0.15, 0.2) is 46.9 Å². The number of ether oxygens (including phenoxy) is 1. The van der Waals surface area contributed by atoms with Gasteiger partial charge in [0.2, 0.25) is 0 Å². The highest BCUT2D eigenvalue weighted by atomic mass is 19.1. The third-order valence-corrected chi connectivity index (χ3v) is 7.22. The number of hydrogen-bond donors (Lipinski definition) is 2. The van der Waals surface area contributed by atoms with E-state index in [1.54, 1.807) is 31.2 Å². The van der Waals surface area contributed by atoms with E-state index in [2.05, 4.69) is 41.2 Å². The van der Waals surface area contributed by atoms with Crippen molar-refractivity contribution in [3.8, 4) is 17.2 Å². The number of carbonyl (C=O) groups excluding carboxylic acids is 1. The summed E-state index contributed by atoms with van der Waals surface area (Å²) in [6.07, 6.45) is 2.96. The molecule has 2 N–H and O–H groups in total. The Morgan fingerprint density at radius 1 is 1.15 bits per heavy atom. The number of halogens is 1. The van der Waals surface area contributed by atoms with Gasteiger partial charge in [-0.25, -0.2) is 14.1 Å². The van der Waals surface area contributed by atoms with E-state index in [1.807, 2.05) is 0 Å². The number of anilines is 2. The lowest BCUT2D eigenvalue weighted by Gasteiger charge is -2.42. The predicted molar refractivity (Wildman–Crippen MR) is 154 cm³/mol. The maximum Gasteiger partial charge on any atom is 0.415 e. The summed E-state index contributed by atoms with van der Waals surface area (Å²) in [5.41, 5.74) is 0.694. The summed E-state index contributed by atoms with van der Waals surface area (Å²) in [7, 11) is 0. The number of amides is 2. The normalized spacial score (nSPS) is 14.9. The number of aromatic nitrogens is 2. The maximum absolute atomic E-state index is 14.0. The van der Waals surface area contributed by atoms with E-state index in [-0.39, 0.29) is 35.5 Å². The molecule has 2 amide bonds. The van der Waals surface area contributed by atoms with E-state index >= 15 is 0 Å². The number of likely N-dealkylation sites (tertiary alicyclic amines) is 1. The zero-order valence-electron chi connectivity index (χ0n) is 24.0. The molecule has 3 aromatic rings. The summed E-state index contributed by atoms with van der Waals surface area (Å²) in [5, 5.41) is 20.8. The first-order valence-electron chi connectivity index (χ1n) is 14.0. The fraction of sp³-hybridized carbons (Fsp3) is 0.467. The number of carbonyl (C=O) groups is 2. The van der Waals surface area contributed by atoms with Gasteiger partial charge in [-0.3, -0.25) is 9.69 Å². The molecule has 0 radical (unpaired) electrons. The number of hydrogen-bond acceptors (Lipinski definition) is 7. The van der Waals surface area contributed by atoms with Gasteiger partial charge in [0.25, 0.3) is 11.8 Å². The van der Waals surface area contributed by atoms with Crippen LogP contribution in [-0.2, 0) is 0 Å². The van der Waals surface area contributed by atoms with Crippen molar-refractivity contribution in [1.82, 2.24) is 15.1 Å². The maximum atomic E-state index is 14.0. The molecule has 41 heavy (non-hydrogen) atoms. The average Bonchev–Trinajstić information content (AvgIpc) is 3.40. The predicted octanol–water partition coefficient (Wildman–Crippen LogP) is 6.30. The van der Waals surface area contributed by atoms with Gasteiger partial charge in [-0.05, 0) is 69.0 Å². The van der Waals surface area contributed by atoms with Gasteiger partial charge in [-0.1, -0.05) is 44.4 Å². The first-order valence-corrected chi connectivity index (χ1v) is 14.0. The highest BCUT2D eigenvalue weighted by Crippen LogP contribution is 2.34. The summed E-state index contributed by atoms with van der Waals surface area (Å²) in [4.78, 5) is 28.4. The molecule has 220 valence electrons. The molecule has 1 aromatic heterocycles. The van der Waals surface area contributed by atoms with Crippen molar-refractivity contribution < 1.29 is 28.2 Å². The molecule has 2 aromatic carbocycles. The molecule has 1 aliphatic heterocycles. The van der Waals surface area contributed by atoms with Crippen LogP contribution in [0.4, 0.5) is 20.9 Å². The second-order valence-corrected chi connectivity index (χ2v) is 11.2. The molecule has 11 heteroatoms. The van der Waals surface area contributed by atoms with Gasteiger partial charge in [0, 0.05) is 24.3 Å². The van der Waals surface area contributed by atoms with Crippen LogP contribution in [0.25, 0.3) is 11.5 Å². The number of piperidine rings is 1. The second-order valence-electron chi connectivity index (χ2n) is 11.2. The van der Waals surface area contributed by atoms with Crippen LogP contribution in [0.5, 0.6) is 5.75 Å². The molecule has 0 saturated carbocycles. The summed E-state index contributed by atoms with van der Waals surface area (Å²) in [5.74, 6) is -0.815. The zero-order chi connectivity index (χ0) is 29.6. The number of carboxylic acid groups (broad SMARTS) is 1. The average molecular weight is 568 g/mol. The largest absolute Gasteiger partial charge is 0.493 e. The minimum absolute atomic E-state index is 0.0304. The van der Waals surface area contributed by atoms with Crippen LogP contribution in [-0.4, -0.2) is 64.5 Å². The highest BCUT2D eigenvalue weighted by molar-refractivity contribution is 6.04. The lowest BCUT2D eigenvalue weighted by Crippen LogP contribution is -2.48. The Hall–Kier alpha value is -3.99. The summed E-state index contributed by atoms with van der Waals surface area (Å²) in [6.45, 7) is 10.9. The Morgan fingerprint density at radius 3 is 2.54 bits per heavy atom. The Balaban J connectivity index is 1.53. The fourth-order valence-electron chi connectivity index (χ4n) is 5.25. The number of nitrogens with zero attached hydrogens (tertiary/aromatic N) is 4. The van der Waals surface area contributed by atoms with Crippen molar-refractivity contribution in [2.24, 2.45) is 5.41 Å². The third kappa shape index (κ3) is 7.40. The molecule has 2 heterocycles.